The molecule has 0 fully saturated rings. The van der Waals surface area contributed by atoms with Crippen molar-refractivity contribution in [1.29, 1.82) is 0 Å². The molecule has 0 aliphatic carbocycles. The second kappa shape index (κ2) is 4.38. The molecule has 23 heavy (non-hydrogen) atoms. The Morgan fingerprint density at radius 2 is 1.87 bits per heavy atom. The minimum Gasteiger partial charge on any atom is -0.504 e. The lowest BCUT2D eigenvalue weighted by Gasteiger charge is -2.29. The summed E-state index contributed by atoms with van der Waals surface area (Å²) >= 11 is 0. The van der Waals surface area contributed by atoms with E-state index >= 15 is 0 Å². The van der Waals surface area contributed by atoms with Gasteiger partial charge in [-0.3, -0.25) is 0 Å². The van der Waals surface area contributed by atoms with E-state index in [1.54, 1.807) is 6.07 Å². The number of hydrogen-bond acceptors (Lipinski definition) is 6. The Bertz CT molecular complexity index is 815. The van der Waals surface area contributed by atoms with Gasteiger partial charge in [-0.25, -0.2) is 0 Å². The van der Waals surface area contributed by atoms with Crippen molar-refractivity contribution in [2.24, 2.45) is 0 Å². The number of hydrogen-bond donors (Lipinski definition) is 1. The molecule has 1 N–H and O–H groups in total. The molecule has 6 heteroatoms. The number of phenols is 1. The van der Waals surface area contributed by atoms with Crippen molar-refractivity contribution in [3.05, 3.63) is 35.4 Å². The summed E-state index contributed by atoms with van der Waals surface area (Å²) in [5, 5.41) is 9.91. The molecule has 0 spiro atoms. The van der Waals surface area contributed by atoms with Crippen LogP contribution in [0.3, 0.4) is 0 Å². The number of methoxy groups -OCH3 is 1. The Morgan fingerprint density at radius 1 is 1.04 bits per heavy atom. The lowest BCUT2D eigenvalue weighted by Crippen LogP contribution is -2.23. The molecule has 0 bridgehead atoms. The van der Waals surface area contributed by atoms with Gasteiger partial charge >= 0.3 is 0 Å². The number of aromatic hydroxyl groups is 1. The van der Waals surface area contributed by atoms with Gasteiger partial charge in [-0.15, -0.1) is 0 Å². The van der Waals surface area contributed by atoms with Crippen LogP contribution in [0, 0.1) is 0 Å². The van der Waals surface area contributed by atoms with Crippen molar-refractivity contribution in [2.75, 3.05) is 20.5 Å². The largest absolute Gasteiger partial charge is 0.504 e. The maximum atomic E-state index is 9.91. The van der Waals surface area contributed by atoms with E-state index in [9.17, 15) is 5.11 Å². The van der Waals surface area contributed by atoms with Crippen LogP contribution in [0.2, 0.25) is 0 Å². The van der Waals surface area contributed by atoms with Gasteiger partial charge in [-0.2, -0.15) is 0 Å². The fourth-order valence-electron chi connectivity index (χ4n) is 3.48. The fraction of sp³-hybridized carbons (Fsp3) is 0.294. The van der Waals surface area contributed by atoms with Gasteiger partial charge in [0.15, 0.2) is 23.0 Å². The van der Waals surface area contributed by atoms with Crippen molar-refractivity contribution in [3.8, 4) is 34.5 Å². The van der Waals surface area contributed by atoms with Gasteiger partial charge in [0.05, 0.1) is 19.6 Å². The lowest BCUT2D eigenvalue weighted by atomic mass is 9.89. The molecule has 0 amide bonds. The van der Waals surface area contributed by atoms with Crippen molar-refractivity contribution in [2.45, 2.75) is 12.0 Å². The zero-order chi connectivity index (χ0) is 15.6. The number of phenolic OH excluding ortho intramolecular Hbond substituents is 1. The first-order valence-corrected chi connectivity index (χ1v) is 7.39. The predicted molar refractivity (Wildman–Crippen MR) is 78.8 cm³/mol. The van der Waals surface area contributed by atoms with E-state index in [1.165, 1.54) is 7.11 Å². The molecule has 2 atom stereocenters. The average molecular weight is 314 g/mol. The summed E-state index contributed by atoms with van der Waals surface area (Å²) in [6.45, 7) is 0.687. The zero-order valence-electron chi connectivity index (χ0n) is 12.4. The van der Waals surface area contributed by atoms with Gasteiger partial charge in [0, 0.05) is 17.2 Å². The van der Waals surface area contributed by atoms with Crippen LogP contribution < -0.4 is 23.7 Å². The van der Waals surface area contributed by atoms with Crippen molar-refractivity contribution < 1.29 is 28.8 Å². The third-order valence-electron chi connectivity index (χ3n) is 4.56. The van der Waals surface area contributed by atoms with Gasteiger partial charge < -0.3 is 28.8 Å². The molecule has 3 heterocycles. The first-order chi connectivity index (χ1) is 11.3. The van der Waals surface area contributed by atoms with Crippen LogP contribution in [0.25, 0.3) is 0 Å². The Hall–Kier alpha value is -2.76. The third kappa shape index (κ3) is 1.63. The van der Waals surface area contributed by atoms with Gasteiger partial charge in [-0.1, -0.05) is 0 Å². The highest BCUT2D eigenvalue weighted by Crippen LogP contribution is 2.56. The first kappa shape index (κ1) is 12.8. The first-order valence-electron chi connectivity index (χ1n) is 7.39. The molecular weight excluding hydrogens is 300 g/mol. The van der Waals surface area contributed by atoms with Crippen molar-refractivity contribution in [1.82, 2.24) is 0 Å². The van der Waals surface area contributed by atoms with Crippen LogP contribution in [0.4, 0.5) is 0 Å². The van der Waals surface area contributed by atoms with E-state index in [0.717, 1.165) is 22.6 Å². The Balaban J connectivity index is 1.61. The summed E-state index contributed by atoms with van der Waals surface area (Å²) in [5.74, 6) is 3.24. The van der Waals surface area contributed by atoms with E-state index in [0.29, 0.717) is 23.9 Å². The van der Waals surface area contributed by atoms with Crippen LogP contribution in [0.5, 0.6) is 34.5 Å². The van der Waals surface area contributed by atoms with E-state index in [1.807, 2.05) is 18.2 Å². The Labute approximate surface area is 132 Å². The summed E-state index contributed by atoms with van der Waals surface area (Å²) in [6.07, 6.45) is -0.175. The third-order valence-corrected chi connectivity index (χ3v) is 4.56. The molecule has 118 valence electrons. The summed E-state index contributed by atoms with van der Waals surface area (Å²) in [7, 11) is 1.51. The molecule has 0 saturated heterocycles. The predicted octanol–water partition coefficient (Wildman–Crippen LogP) is 2.74. The molecule has 0 unspecified atom stereocenters. The van der Waals surface area contributed by atoms with Gasteiger partial charge in [-0.05, 0) is 18.2 Å². The van der Waals surface area contributed by atoms with E-state index in [-0.39, 0.29) is 24.6 Å². The van der Waals surface area contributed by atoms with Crippen LogP contribution in [-0.4, -0.2) is 25.6 Å². The molecule has 0 saturated carbocycles. The highest BCUT2D eigenvalue weighted by molar-refractivity contribution is 5.61. The molecule has 0 aromatic heterocycles. The van der Waals surface area contributed by atoms with Crippen LogP contribution in [-0.2, 0) is 0 Å². The summed E-state index contributed by atoms with van der Waals surface area (Å²) in [6, 6.07) is 7.25. The summed E-state index contributed by atoms with van der Waals surface area (Å²) in [4.78, 5) is 0. The second-order valence-electron chi connectivity index (χ2n) is 5.74. The lowest BCUT2D eigenvalue weighted by molar-refractivity contribution is 0.134. The van der Waals surface area contributed by atoms with Gasteiger partial charge in [0.1, 0.15) is 11.9 Å². The Kier molecular flexibility index (Phi) is 2.43. The van der Waals surface area contributed by atoms with E-state index in [2.05, 4.69) is 0 Å². The minimum atomic E-state index is -0.175. The number of benzene rings is 2. The normalized spacial score (nSPS) is 22.5. The molecule has 6 nitrogen and oxygen atoms in total. The second-order valence-corrected chi connectivity index (χ2v) is 5.74. The number of fused-ring (bicyclic) bond motifs is 6. The highest BCUT2D eigenvalue weighted by atomic mass is 16.7. The quantitative estimate of drug-likeness (QED) is 0.873. The minimum absolute atomic E-state index is 0.0565. The molecule has 5 rings (SSSR count). The fourth-order valence-corrected chi connectivity index (χ4v) is 3.48. The average Bonchev–Trinajstić information content (AvgIpc) is 3.15. The smallest absolute Gasteiger partial charge is 0.231 e. The standard InChI is InChI=1S/C17H14O6/c1-19-17-11(18)3-2-8-15-10(6-20-16(8)17)9-4-13-14(22-7-21-13)5-12(9)23-15/h2-5,10,15,18H,6-7H2,1H3/t10-,15-/m0/s1. The van der Waals surface area contributed by atoms with Crippen LogP contribution in [0.1, 0.15) is 23.1 Å². The maximum absolute atomic E-state index is 9.91. The van der Waals surface area contributed by atoms with Crippen LogP contribution in [0.15, 0.2) is 24.3 Å². The molecule has 0 radical (unpaired) electrons. The summed E-state index contributed by atoms with van der Waals surface area (Å²) in [5.41, 5.74) is 1.92. The molecule has 3 aliphatic heterocycles. The van der Waals surface area contributed by atoms with E-state index < -0.39 is 0 Å². The Morgan fingerprint density at radius 3 is 2.70 bits per heavy atom. The van der Waals surface area contributed by atoms with Gasteiger partial charge in [0.25, 0.3) is 0 Å². The number of ether oxygens (including phenoxy) is 5. The number of rotatable bonds is 1. The SMILES string of the molecule is COc1c(O)ccc2c1OC[C@H]1c3cc4c(cc3O[C@@H]21)OCO4. The highest BCUT2D eigenvalue weighted by Gasteiger charge is 2.43. The maximum Gasteiger partial charge on any atom is 0.231 e. The van der Waals surface area contributed by atoms with Crippen LogP contribution >= 0.6 is 0 Å². The molecular formula is C17H14O6. The molecule has 2 aromatic carbocycles. The van der Waals surface area contributed by atoms with E-state index in [4.69, 9.17) is 23.7 Å². The summed E-state index contributed by atoms with van der Waals surface area (Å²) < 4.78 is 28.2. The van der Waals surface area contributed by atoms with Crippen molar-refractivity contribution >= 4 is 0 Å². The zero-order valence-corrected chi connectivity index (χ0v) is 12.4. The topological polar surface area (TPSA) is 66.4 Å². The van der Waals surface area contributed by atoms with Crippen molar-refractivity contribution in [3.63, 3.8) is 0 Å². The molecule has 2 aromatic rings. The van der Waals surface area contributed by atoms with Gasteiger partial charge in [0.2, 0.25) is 12.5 Å². The molecule has 3 aliphatic rings. The monoisotopic (exact) mass is 314 g/mol.